The van der Waals surface area contributed by atoms with Crippen molar-refractivity contribution >= 4 is 27.8 Å². The van der Waals surface area contributed by atoms with Crippen molar-refractivity contribution < 1.29 is 9.53 Å². The molecule has 9 heteroatoms. The summed E-state index contributed by atoms with van der Waals surface area (Å²) in [6.07, 6.45) is 0.808. The highest BCUT2D eigenvalue weighted by Gasteiger charge is 2.20. The number of fused-ring (bicyclic) bond motifs is 2. The van der Waals surface area contributed by atoms with Crippen LogP contribution in [-0.4, -0.2) is 50.2 Å². The van der Waals surface area contributed by atoms with E-state index in [1.54, 1.807) is 34.8 Å². The molecule has 172 valence electrons. The van der Waals surface area contributed by atoms with Crippen molar-refractivity contribution in [3.63, 3.8) is 0 Å². The van der Waals surface area contributed by atoms with Gasteiger partial charge in [0.25, 0.3) is 5.56 Å². The van der Waals surface area contributed by atoms with Gasteiger partial charge in [0, 0.05) is 20.2 Å². The fraction of sp³-hybridized carbons (Fsp3) is 0.333. The molecule has 0 spiro atoms. The van der Waals surface area contributed by atoms with Gasteiger partial charge in [0.15, 0.2) is 0 Å². The first-order valence-electron chi connectivity index (χ1n) is 11.0. The number of aromatic nitrogens is 4. The van der Waals surface area contributed by atoms with Gasteiger partial charge < -0.3 is 14.6 Å². The zero-order valence-corrected chi connectivity index (χ0v) is 18.8. The molecule has 0 bridgehead atoms. The number of nitrogens with zero attached hydrogens (tertiary/aromatic N) is 4. The van der Waals surface area contributed by atoms with E-state index in [1.165, 1.54) is 4.57 Å². The van der Waals surface area contributed by atoms with Crippen molar-refractivity contribution in [2.45, 2.75) is 33.0 Å². The van der Waals surface area contributed by atoms with E-state index in [4.69, 9.17) is 4.74 Å². The number of hydrogen-bond donors (Lipinski definition) is 1. The van der Waals surface area contributed by atoms with Gasteiger partial charge in [-0.15, -0.1) is 0 Å². The standard InChI is InChI=1S/C24H27N5O4/c1-3-12-28-19-10-6-7-11-20(19)29(24(28)32)16-22(30)27(13-14-33-2)15-21-25-18-9-5-4-8-17(18)23(31)26-21/h4-11H,3,12-16H2,1-2H3,(H,25,26,31). The van der Waals surface area contributed by atoms with Gasteiger partial charge in [0.05, 0.1) is 35.1 Å². The van der Waals surface area contributed by atoms with Crippen molar-refractivity contribution in [1.29, 1.82) is 0 Å². The Morgan fingerprint density at radius 2 is 1.76 bits per heavy atom. The average molecular weight is 450 g/mol. The van der Waals surface area contributed by atoms with Crippen LogP contribution in [0.5, 0.6) is 0 Å². The van der Waals surface area contributed by atoms with Crippen molar-refractivity contribution in [2.75, 3.05) is 20.3 Å². The molecule has 0 fully saturated rings. The average Bonchev–Trinajstić information content (AvgIpc) is 3.08. The zero-order valence-electron chi connectivity index (χ0n) is 18.8. The van der Waals surface area contributed by atoms with Gasteiger partial charge in [-0.2, -0.15) is 0 Å². The third kappa shape index (κ3) is 4.58. The summed E-state index contributed by atoms with van der Waals surface area (Å²) in [5.41, 5.74) is 1.62. The number of methoxy groups -OCH3 is 1. The van der Waals surface area contributed by atoms with Crippen molar-refractivity contribution in [1.82, 2.24) is 24.0 Å². The van der Waals surface area contributed by atoms with Gasteiger partial charge in [-0.3, -0.25) is 18.7 Å². The number of nitrogens with one attached hydrogen (secondary N) is 1. The molecule has 2 heterocycles. The molecule has 0 aliphatic heterocycles. The molecule has 2 aromatic carbocycles. The summed E-state index contributed by atoms with van der Waals surface area (Å²) < 4.78 is 8.38. The maximum Gasteiger partial charge on any atom is 0.329 e. The maximum atomic E-state index is 13.3. The summed E-state index contributed by atoms with van der Waals surface area (Å²) in [7, 11) is 1.56. The Hall–Kier alpha value is -3.72. The first kappa shape index (κ1) is 22.5. The van der Waals surface area contributed by atoms with Gasteiger partial charge in [0.2, 0.25) is 5.91 Å². The number of aromatic amines is 1. The van der Waals surface area contributed by atoms with Gasteiger partial charge >= 0.3 is 5.69 Å². The van der Waals surface area contributed by atoms with Crippen LogP contribution in [0.2, 0.25) is 0 Å². The van der Waals surface area contributed by atoms with Gasteiger partial charge in [-0.25, -0.2) is 9.78 Å². The number of H-pyrrole nitrogens is 1. The molecule has 4 rings (SSSR count). The van der Waals surface area contributed by atoms with E-state index in [0.717, 1.165) is 11.9 Å². The van der Waals surface area contributed by atoms with Crippen LogP contribution < -0.4 is 11.2 Å². The molecule has 1 amide bonds. The quantitative estimate of drug-likeness (QED) is 0.422. The van der Waals surface area contributed by atoms with Crippen LogP contribution >= 0.6 is 0 Å². The van der Waals surface area contributed by atoms with Crippen molar-refractivity contribution in [3.8, 4) is 0 Å². The lowest BCUT2D eigenvalue weighted by Crippen LogP contribution is -2.39. The predicted molar refractivity (Wildman–Crippen MR) is 126 cm³/mol. The number of benzene rings is 2. The van der Waals surface area contributed by atoms with Crippen LogP contribution in [0.25, 0.3) is 21.9 Å². The summed E-state index contributed by atoms with van der Waals surface area (Å²) in [5.74, 6) is 0.119. The third-order valence-corrected chi connectivity index (χ3v) is 5.59. The van der Waals surface area contributed by atoms with Crippen LogP contribution in [0.4, 0.5) is 0 Å². The maximum absolute atomic E-state index is 13.3. The van der Waals surface area contributed by atoms with Crippen LogP contribution in [0.3, 0.4) is 0 Å². The van der Waals surface area contributed by atoms with E-state index in [2.05, 4.69) is 9.97 Å². The molecule has 4 aromatic rings. The Labute approximate surface area is 190 Å². The Morgan fingerprint density at radius 3 is 2.48 bits per heavy atom. The predicted octanol–water partition coefficient (Wildman–Crippen LogP) is 2.12. The first-order valence-corrected chi connectivity index (χ1v) is 11.0. The Bertz CT molecular complexity index is 1400. The summed E-state index contributed by atoms with van der Waals surface area (Å²) in [5, 5.41) is 0.492. The minimum atomic E-state index is -0.260. The molecule has 0 aliphatic rings. The highest BCUT2D eigenvalue weighted by Crippen LogP contribution is 2.14. The second kappa shape index (κ2) is 9.83. The van der Waals surface area contributed by atoms with Gasteiger partial charge in [0.1, 0.15) is 12.4 Å². The summed E-state index contributed by atoms with van der Waals surface area (Å²) >= 11 is 0. The Morgan fingerprint density at radius 1 is 1.06 bits per heavy atom. The van der Waals surface area contributed by atoms with E-state index in [9.17, 15) is 14.4 Å². The third-order valence-electron chi connectivity index (χ3n) is 5.59. The number of aryl methyl sites for hydroxylation is 1. The number of carbonyl (C=O) groups is 1. The second-order valence-corrected chi connectivity index (χ2v) is 7.85. The number of imidazole rings is 1. The molecule has 0 atom stereocenters. The van der Waals surface area contributed by atoms with Crippen LogP contribution in [0.15, 0.2) is 58.1 Å². The second-order valence-electron chi connectivity index (χ2n) is 7.85. The minimum absolute atomic E-state index is 0.102. The molecular weight excluding hydrogens is 422 g/mol. The zero-order chi connectivity index (χ0) is 23.4. The van der Waals surface area contributed by atoms with Crippen molar-refractivity contribution in [2.24, 2.45) is 0 Å². The Kier molecular flexibility index (Phi) is 6.69. The molecule has 0 saturated carbocycles. The van der Waals surface area contributed by atoms with Crippen LogP contribution in [0.1, 0.15) is 19.2 Å². The number of carbonyl (C=O) groups excluding carboxylic acids is 1. The SMILES string of the molecule is CCCn1c(=O)n(CC(=O)N(CCOC)Cc2nc3ccccc3c(=O)[nH]2)c2ccccc21. The summed E-state index contributed by atoms with van der Waals surface area (Å²) in [6.45, 7) is 3.19. The molecule has 0 aliphatic carbocycles. The molecule has 0 saturated heterocycles. The summed E-state index contributed by atoms with van der Waals surface area (Å²) in [6, 6.07) is 14.5. The molecule has 0 unspecified atom stereocenters. The molecule has 33 heavy (non-hydrogen) atoms. The highest BCUT2D eigenvalue weighted by molar-refractivity contribution is 5.81. The lowest BCUT2D eigenvalue weighted by Gasteiger charge is -2.22. The van der Waals surface area contributed by atoms with E-state index >= 15 is 0 Å². The van der Waals surface area contributed by atoms with E-state index in [-0.39, 0.29) is 30.2 Å². The number of rotatable bonds is 9. The smallest absolute Gasteiger partial charge is 0.329 e. The lowest BCUT2D eigenvalue weighted by atomic mass is 10.2. The van der Waals surface area contributed by atoms with Gasteiger partial charge in [-0.1, -0.05) is 31.2 Å². The van der Waals surface area contributed by atoms with E-state index < -0.39 is 0 Å². The van der Waals surface area contributed by atoms with Crippen molar-refractivity contribution in [3.05, 3.63) is 75.2 Å². The lowest BCUT2D eigenvalue weighted by molar-refractivity contribution is -0.133. The van der Waals surface area contributed by atoms with Gasteiger partial charge in [-0.05, 0) is 30.7 Å². The fourth-order valence-corrected chi connectivity index (χ4v) is 3.98. The molecule has 0 radical (unpaired) electrons. The monoisotopic (exact) mass is 449 g/mol. The molecule has 9 nitrogen and oxygen atoms in total. The molecule has 1 N–H and O–H groups in total. The first-order chi connectivity index (χ1) is 16.0. The fourth-order valence-electron chi connectivity index (χ4n) is 3.98. The highest BCUT2D eigenvalue weighted by atomic mass is 16.5. The normalized spacial score (nSPS) is 11.3. The molecular formula is C24H27N5O4. The number of ether oxygens (including phenoxy) is 1. The minimum Gasteiger partial charge on any atom is -0.383 e. The van der Waals surface area contributed by atoms with E-state index in [0.29, 0.717) is 41.9 Å². The summed E-state index contributed by atoms with van der Waals surface area (Å²) in [4.78, 5) is 47.6. The van der Waals surface area contributed by atoms with E-state index in [1.807, 2.05) is 37.3 Å². The number of amides is 1. The molecule has 2 aromatic heterocycles. The number of para-hydroxylation sites is 3. The largest absolute Gasteiger partial charge is 0.383 e. The Balaban J connectivity index is 1.65. The topological polar surface area (TPSA) is 102 Å². The van der Waals surface area contributed by atoms with Crippen LogP contribution in [-0.2, 0) is 29.2 Å². The van der Waals surface area contributed by atoms with Crippen LogP contribution in [0, 0.1) is 0 Å². The number of hydrogen-bond acceptors (Lipinski definition) is 5.